The average molecular weight is 346 g/mol. The third-order valence-corrected chi connectivity index (χ3v) is 4.40. The molecule has 1 unspecified atom stereocenters. The Hall–Kier alpha value is -2.31. The Morgan fingerprint density at radius 2 is 2.08 bits per heavy atom. The van der Waals surface area contributed by atoms with Crippen LogP contribution in [0.15, 0.2) is 18.3 Å². The maximum Gasteiger partial charge on any atom is 0.410 e. The van der Waals surface area contributed by atoms with Crippen LogP contribution < -0.4 is 5.32 Å². The molecule has 1 aromatic heterocycles. The van der Waals surface area contributed by atoms with E-state index in [0.717, 1.165) is 12.2 Å². The molecule has 0 aliphatic carbocycles. The summed E-state index contributed by atoms with van der Waals surface area (Å²) in [5.41, 5.74) is 0.486. The summed E-state index contributed by atoms with van der Waals surface area (Å²) < 4.78 is 5.19. The van der Waals surface area contributed by atoms with Gasteiger partial charge in [0.15, 0.2) is 0 Å². The highest BCUT2D eigenvalue weighted by atomic mass is 16.6. The molecule has 3 heterocycles. The largest absolute Gasteiger partial charge is 0.444 e. The molecule has 2 aliphatic rings. The van der Waals surface area contributed by atoms with Crippen LogP contribution in [0.3, 0.4) is 0 Å². The minimum Gasteiger partial charge on any atom is -0.444 e. The minimum absolute atomic E-state index is 0.0381. The summed E-state index contributed by atoms with van der Waals surface area (Å²) in [5, 5.41) is 3.28. The van der Waals surface area contributed by atoms with E-state index in [4.69, 9.17) is 4.74 Å². The Morgan fingerprint density at radius 3 is 2.64 bits per heavy atom. The number of rotatable bonds is 3. The average Bonchev–Trinajstić information content (AvgIpc) is 3.12. The van der Waals surface area contributed by atoms with E-state index in [-0.39, 0.29) is 29.7 Å². The molecule has 2 saturated heterocycles. The van der Waals surface area contributed by atoms with Crippen molar-refractivity contribution in [1.82, 2.24) is 14.8 Å². The van der Waals surface area contributed by atoms with Gasteiger partial charge in [-0.2, -0.15) is 0 Å². The Morgan fingerprint density at radius 1 is 1.32 bits per heavy atom. The molecule has 7 heteroatoms. The first-order chi connectivity index (χ1) is 11.7. The van der Waals surface area contributed by atoms with Crippen molar-refractivity contribution in [3.63, 3.8) is 0 Å². The van der Waals surface area contributed by atoms with Crippen molar-refractivity contribution in [2.24, 2.45) is 0 Å². The maximum atomic E-state index is 12.7. The number of pyridine rings is 1. The number of aromatic nitrogens is 1. The van der Waals surface area contributed by atoms with Crippen molar-refractivity contribution >= 4 is 17.8 Å². The van der Waals surface area contributed by atoms with Crippen LogP contribution in [-0.4, -0.2) is 64.1 Å². The number of likely N-dealkylation sites (tertiary alicyclic amines) is 1. The number of carbonyl (C=O) groups is 2. The number of nitrogens with one attached hydrogen (secondary N) is 1. The SMILES string of the molecule is CC1CN([C@H]2CCN(C(=O)c3ccc(NC(C)(C)C)nc3)C2)C(=O)O1. The summed E-state index contributed by atoms with van der Waals surface area (Å²) in [6.45, 7) is 9.84. The number of ether oxygens (including phenoxy) is 1. The van der Waals surface area contributed by atoms with Gasteiger partial charge < -0.3 is 15.0 Å². The lowest BCUT2D eigenvalue weighted by Gasteiger charge is -2.22. The fourth-order valence-corrected chi connectivity index (χ4v) is 3.27. The molecular weight excluding hydrogens is 320 g/mol. The number of cyclic esters (lactones) is 1. The molecule has 0 radical (unpaired) electrons. The predicted molar refractivity (Wildman–Crippen MR) is 94.6 cm³/mol. The van der Waals surface area contributed by atoms with E-state index in [1.807, 2.05) is 13.0 Å². The zero-order chi connectivity index (χ0) is 18.2. The Kier molecular flexibility index (Phi) is 4.58. The number of carbonyl (C=O) groups excluding carboxylic acids is 2. The quantitative estimate of drug-likeness (QED) is 0.909. The monoisotopic (exact) mass is 346 g/mol. The predicted octanol–water partition coefficient (Wildman–Crippen LogP) is 2.35. The first kappa shape index (κ1) is 17.5. The lowest BCUT2D eigenvalue weighted by Crippen LogP contribution is -2.39. The van der Waals surface area contributed by atoms with E-state index in [2.05, 4.69) is 31.1 Å². The minimum atomic E-state index is -0.272. The molecule has 25 heavy (non-hydrogen) atoms. The van der Waals surface area contributed by atoms with Gasteiger partial charge in [-0.1, -0.05) is 0 Å². The number of amides is 2. The molecule has 2 amide bonds. The van der Waals surface area contributed by atoms with E-state index in [9.17, 15) is 9.59 Å². The molecule has 2 atom stereocenters. The highest BCUT2D eigenvalue weighted by molar-refractivity contribution is 5.94. The third kappa shape index (κ3) is 4.03. The standard InChI is InChI=1S/C18H26N4O3/c1-12-10-22(17(24)25-12)14-7-8-21(11-14)16(23)13-5-6-15(19-9-13)20-18(2,3)4/h5-6,9,12,14H,7-8,10-11H2,1-4H3,(H,19,20)/t12?,14-/m0/s1. The Bertz CT molecular complexity index is 653. The van der Waals surface area contributed by atoms with Gasteiger partial charge in [-0.05, 0) is 46.2 Å². The molecule has 0 bridgehead atoms. The molecule has 2 fully saturated rings. The zero-order valence-electron chi connectivity index (χ0n) is 15.3. The molecule has 2 aliphatic heterocycles. The Balaban J connectivity index is 1.61. The Labute approximate surface area is 148 Å². The van der Waals surface area contributed by atoms with Crippen molar-refractivity contribution in [2.45, 2.75) is 51.8 Å². The van der Waals surface area contributed by atoms with Crippen LogP contribution in [-0.2, 0) is 4.74 Å². The zero-order valence-corrected chi connectivity index (χ0v) is 15.3. The van der Waals surface area contributed by atoms with Crippen LogP contribution in [0.4, 0.5) is 10.6 Å². The third-order valence-electron chi connectivity index (χ3n) is 4.40. The van der Waals surface area contributed by atoms with Gasteiger partial charge in [0.25, 0.3) is 5.91 Å². The van der Waals surface area contributed by atoms with Gasteiger partial charge in [-0.25, -0.2) is 9.78 Å². The molecule has 1 aromatic rings. The fraction of sp³-hybridized carbons (Fsp3) is 0.611. The second kappa shape index (κ2) is 6.54. The summed E-state index contributed by atoms with van der Waals surface area (Å²) in [5.74, 6) is 0.704. The summed E-state index contributed by atoms with van der Waals surface area (Å²) in [4.78, 5) is 32.4. The van der Waals surface area contributed by atoms with Crippen LogP contribution in [0.2, 0.25) is 0 Å². The molecule has 0 spiro atoms. The van der Waals surface area contributed by atoms with Gasteiger partial charge in [0.2, 0.25) is 0 Å². The first-order valence-electron chi connectivity index (χ1n) is 8.74. The topological polar surface area (TPSA) is 74.8 Å². The van der Waals surface area contributed by atoms with Crippen LogP contribution in [0, 0.1) is 0 Å². The molecule has 7 nitrogen and oxygen atoms in total. The van der Waals surface area contributed by atoms with Crippen molar-refractivity contribution in [3.05, 3.63) is 23.9 Å². The summed E-state index contributed by atoms with van der Waals surface area (Å²) >= 11 is 0. The van der Waals surface area contributed by atoms with E-state index < -0.39 is 0 Å². The van der Waals surface area contributed by atoms with E-state index >= 15 is 0 Å². The fourth-order valence-electron chi connectivity index (χ4n) is 3.27. The highest BCUT2D eigenvalue weighted by Crippen LogP contribution is 2.23. The normalized spacial score (nSPS) is 23.8. The van der Waals surface area contributed by atoms with Crippen molar-refractivity contribution in [1.29, 1.82) is 0 Å². The summed E-state index contributed by atoms with van der Waals surface area (Å²) in [6, 6.07) is 3.66. The molecule has 1 N–H and O–H groups in total. The summed E-state index contributed by atoms with van der Waals surface area (Å²) in [7, 11) is 0. The number of hydrogen-bond donors (Lipinski definition) is 1. The van der Waals surface area contributed by atoms with Gasteiger partial charge in [0.1, 0.15) is 11.9 Å². The smallest absolute Gasteiger partial charge is 0.410 e. The highest BCUT2D eigenvalue weighted by Gasteiger charge is 2.38. The molecule has 3 rings (SSSR count). The molecular formula is C18H26N4O3. The van der Waals surface area contributed by atoms with Crippen molar-refractivity contribution < 1.29 is 14.3 Å². The van der Waals surface area contributed by atoms with Crippen LogP contribution >= 0.6 is 0 Å². The van der Waals surface area contributed by atoms with E-state index in [1.54, 1.807) is 22.1 Å². The van der Waals surface area contributed by atoms with Crippen molar-refractivity contribution in [2.75, 3.05) is 25.0 Å². The van der Waals surface area contributed by atoms with Gasteiger partial charge in [-0.15, -0.1) is 0 Å². The second-order valence-corrected chi connectivity index (χ2v) is 7.85. The lowest BCUT2D eigenvalue weighted by atomic mass is 10.1. The maximum absolute atomic E-state index is 12.7. The van der Waals surface area contributed by atoms with Gasteiger partial charge in [-0.3, -0.25) is 9.69 Å². The van der Waals surface area contributed by atoms with Gasteiger partial charge in [0.05, 0.1) is 18.2 Å². The number of anilines is 1. The van der Waals surface area contributed by atoms with Gasteiger partial charge in [0, 0.05) is 24.8 Å². The molecule has 0 saturated carbocycles. The second-order valence-electron chi connectivity index (χ2n) is 7.85. The van der Waals surface area contributed by atoms with E-state index in [0.29, 0.717) is 25.2 Å². The lowest BCUT2D eigenvalue weighted by molar-refractivity contribution is 0.0779. The molecule has 136 valence electrons. The van der Waals surface area contributed by atoms with E-state index in [1.165, 1.54) is 0 Å². The van der Waals surface area contributed by atoms with Crippen LogP contribution in [0.5, 0.6) is 0 Å². The van der Waals surface area contributed by atoms with Gasteiger partial charge >= 0.3 is 6.09 Å². The number of nitrogens with zero attached hydrogens (tertiary/aromatic N) is 3. The van der Waals surface area contributed by atoms with Crippen molar-refractivity contribution in [3.8, 4) is 0 Å². The number of hydrogen-bond acceptors (Lipinski definition) is 5. The summed E-state index contributed by atoms with van der Waals surface area (Å²) in [6.07, 6.45) is 2.04. The molecule has 0 aromatic carbocycles. The van der Waals surface area contributed by atoms with Crippen LogP contribution in [0.1, 0.15) is 44.5 Å². The van der Waals surface area contributed by atoms with Crippen LogP contribution in [0.25, 0.3) is 0 Å². The first-order valence-corrected chi connectivity index (χ1v) is 8.74.